The molecule has 6 heteroatoms. The van der Waals surface area contributed by atoms with E-state index in [1.165, 1.54) is 16.9 Å². The molecule has 2 aliphatic heterocycles. The van der Waals surface area contributed by atoms with E-state index < -0.39 is 0 Å². The third kappa shape index (κ3) is 3.85. The lowest BCUT2D eigenvalue weighted by Gasteiger charge is -2.49. The molecule has 2 aromatic carbocycles. The number of hydrogen-bond acceptors (Lipinski definition) is 5. The van der Waals surface area contributed by atoms with Crippen LogP contribution in [-0.2, 0) is 17.8 Å². The van der Waals surface area contributed by atoms with Crippen LogP contribution in [0.2, 0.25) is 0 Å². The predicted octanol–water partition coefficient (Wildman–Crippen LogP) is 3.47. The highest BCUT2D eigenvalue weighted by atomic mass is 16.5. The SMILES string of the molecule is COc1ccc2c(c1)N1CCN(c3ccccc3)CC1C(C(=O)NCc1ccco1)C2. The van der Waals surface area contributed by atoms with Crippen molar-refractivity contribution in [3.05, 3.63) is 78.3 Å². The summed E-state index contributed by atoms with van der Waals surface area (Å²) in [6.45, 7) is 2.99. The maximum Gasteiger partial charge on any atom is 0.225 e. The van der Waals surface area contributed by atoms with Crippen molar-refractivity contribution in [2.75, 3.05) is 36.5 Å². The van der Waals surface area contributed by atoms with Crippen molar-refractivity contribution in [3.8, 4) is 5.75 Å². The van der Waals surface area contributed by atoms with Gasteiger partial charge < -0.3 is 24.3 Å². The first-order valence-corrected chi connectivity index (χ1v) is 10.8. The van der Waals surface area contributed by atoms with Gasteiger partial charge in [0.15, 0.2) is 0 Å². The zero-order valence-electron chi connectivity index (χ0n) is 17.7. The van der Waals surface area contributed by atoms with Gasteiger partial charge in [-0.15, -0.1) is 0 Å². The standard InChI is InChI=1S/C25H27N3O3/c1-30-20-10-9-18-14-22(25(29)26-16-21-8-5-13-31-21)24-17-27(19-6-3-2-4-7-19)11-12-28(24)23(18)15-20/h2-10,13,15,22,24H,11-12,14,16-17H2,1H3,(H,26,29). The molecule has 0 radical (unpaired) electrons. The molecule has 2 atom stereocenters. The number of hydrogen-bond donors (Lipinski definition) is 1. The maximum atomic E-state index is 13.3. The van der Waals surface area contributed by atoms with Gasteiger partial charge in [0, 0.05) is 37.1 Å². The summed E-state index contributed by atoms with van der Waals surface area (Å²) in [5.41, 5.74) is 3.59. The van der Waals surface area contributed by atoms with Crippen LogP contribution in [-0.4, -0.2) is 38.7 Å². The number of amides is 1. The zero-order valence-corrected chi connectivity index (χ0v) is 17.7. The molecular formula is C25H27N3O3. The molecule has 3 aromatic rings. The van der Waals surface area contributed by atoms with Gasteiger partial charge in [0.2, 0.25) is 5.91 Å². The van der Waals surface area contributed by atoms with E-state index in [0.29, 0.717) is 13.0 Å². The number of anilines is 2. The third-order valence-corrected chi connectivity index (χ3v) is 6.40. The number of rotatable bonds is 5. The Morgan fingerprint density at radius 2 is 2.00 bits per heavy atom. The van der Waals surface area contributed by atoms with Crippen molar-refractivity contribution in [2.45, 2.75) is 19.0 Å². The molecule has 0 saturated carbocycles. The first-order valence-electron chi connectivity index (χ1n) is 10.8. The number of carbonyl (C=O) groups excluding carboxylic acids is 1. The Labute approximate surface area is 182 Å². The molecular weight excluding hydrogens is 390 g/mol. The molecule has 1 saturated heterocycles. The maximum absolute atomic E-state index is 13.3. The highest BCUT2D eigenvalue weighted by molar-refractivity contribution is 5.82. The van der Waals surface area contributed by atoms with Gasteiger partial charge in [-0.2, -0.15) is 0 Å². The fourth-order valence-electron chi connectivity index (χ4n) is 4.80. The van der Waals surface area contributed by atoms with Crippen molar-refractivity contribution in [3.63, 3.8) is 0 Å². The van der Waals surface area contributed by atoms with Crippen LogP contribution in [0, 0.1) is 5.92 Å². The molecule has 0 aliphatic carbocycles. The van der Waals surface area contributed by atoms with Crippen molar-refractivity contribution in [1.29, 1.82) is 0 Å². The zero-order chi connectivity index (χ0) is 21.2. The third-order valence-electron chi connectivity index (χ3n) is 6.40. The quantitative estimate of drug-likeness (QED) is 0.689. The van der Waals surface area contributed by atoms with Crippen LogP contribution in [0.3, 0.4) is 0 Å². The lowest BCUT2D eigenvalue weighted by atomic mass is 9.83. The van der Waals surface area contributed by atoms with Crippen LogP contribution < -0.4 is 19.9 Å². The molecule has 31 heavy (non-hydrogen) atoms. The molecule has 0 bridgehead atoms. The van der Waals surface area contributed by atoms with Gasteiger partial charge in [-0.25, -0.2) is 0 Å². The van der Waals surface area contributed by atoms with Crippen molar-refractivity contribution in [2.24, 2.45) is 5.92 Å². The number of piperazine rings is 1. The number of furan rings is 1. The number of benzene rings is 2. The van der Waals surface area contributed by atoms with E-state index in [4.69, 9.17) is 9.15 Å². The highest BCUT2D eigenvalue weighted by Gasteiger charge is 2.41. The van der Waals surface area contributed by atoms with Crippen LogP contribution in [0.25, 0.3) is 0 Å². The average Bonchev–Trinajstić information content (AvgIpc) is 3.35. The molecule has 3 heterocycles. The topological polar surface area (TPSA) is 58.0 Å². The minimum absolute atomic E-state index is 0.0720. The van der Waals surface area contributed by atoms with Crippen LogP contribution >= 0.6 is 0 Å². The molecule has 5 rings (SSSR count). The molecule has 0 spiro atoms. The van der Waals surface area contributed by atoms with E-state index in [1.807, 2.05) is 24.3 Å². The van der Waals surface area contributed by atoms with E-state index in [2.05, 4.69) is 51.5 Å². The molecule has 1 N–H and O–H groups in total. The molecule has 2 aliphatic rings. The predicted molar refractivity (Wildman–Crippen MR) is 121 cm³/mol. The number of ether oxygens (including phenoxy) is 1. The van der Waals surface area contributed by atoms with Crippen molar-refractivity contribution < 1.29 is 13.9 Å². The summed E-state index contributed by atoms with van der Waals surface area (Å²) in [5, 5.41) is 3.09. The average molecular weight is 418 g/mol. The monoisotopic (exact) mass is 417 g/mol. The molecule has 6 nitrogen and oxygen atoms in total. The number of carbonyl (C=O) groups is 1. The second kappa shape index (κ2) is 8.38. The Balaban J connectivity index is 1.43. The summed E-state index contributed by atoms with van der Waals surface area (Å²) in [5.74, 6) is 1.55. The lowest BCUT2D eigenvalue weighted by Crippen LogP contribution is -2.61. The number of nitrogens with zero attached hydrogens (tertiary/aromatic N) is 2. The Bertz CT molecular complexity index is 1040. The van der Waals surface area contributed by atoms with Gasteiger partial charge in [0.25, 0.3) is 0 Å². The minimum Gasteiger partial charge on any atom is -0.497 e. The van der Waals surface area contributed by atoms with E-state index in [0.717, 1.165) is 31.1 Å². The second-order valence-corrected chi connectivity index (χ2v) is 8.14. The van der Waals surface area contributed by atoms with Crippen LogP contribution in [0.15, 0.2) is 71.3 Å². The van der Waals surface area contributed by atoms with Gasteiger partial charge >= 0.3 is 0 Å². The van der Waals surface area contributed by atoms with E-state index in [9.17, 15) is 4.79 Å². The van der Waals surface area contributed by atoms with Gasteiger partial charge in [-0.05, 0) is 42.3 Å². The smallest absolute Gasteiger partial charge is 0.225 e. The second-order valence-electron chi connectivity index (χ2n) is 8.14. The fourth-order valence-corrected chi connectivity index (χ4v) is 4.80. The van der Waals surface area contributed by atoms with Gasteiger partial charge in [-0.1, -0.05) is 24.3 Å². The summed E-state index contributed by atoms with van der Waals surface area (Å²) in [4.78, 5) is 18.1. The Morgan fingerprint density at radius 3 is 2.77 bits per heavy atom. The molecule has 160 valence electrons. The first kappa shape index (κ1) is 19.5. The lowest BCUT2D eigenvalue weighted by molar-refractivity contribution is -0.126. The Hall–Kier alpha value is -3.41. The van der Waals surface area contributed by atoms with Crippen molar-refractivity contribution in [1.82, 2.24) is 5.32 Å². The van der Waals surface area contributed by atoms with Crippen LogP contribution in [0.1, 0.15) is 11.3 Å². The van der Waals surface area contributed by atoms with Crippen molar-refractivity contribution >= 4 is 17.3 Å². The van der Waals surface area contributed by atoms with Crippen LogP contribution in [0.5, 0.6) is 5.75 Å². The first-order chi connectivity index (χ1) is 15.2. The summed E-state index contributed by atoms with van der Waals surface area (Å²) in [6, 6.07) is 20.4. The minimum atomic E-state index is -0.137. The molecule has 1 amide bonds. The number of fused-ring (bicyclic) bond motifs is 3. The number of methoxy groups -OCH3 is 1. The summed E-state index contributed by atoms with van der Waals surface area (Å²) in [6.07, 6.45) is 2.35. The number of nitrogens with one attached hydrogen (secondary N) is 1. The summed E-state index contributed by atoms with van der Waals surface area (Å²) in [7, 11) is 1.69. The summed E-state index contributed by atoms with van der Waals surface area (Å²) >= 11 is 0. The Kier molecular flexibility index (Phi) is 5.28. The van der Waals surface area contributed by atoms with E-state index in [-0.39, 0.29) is 17.9 Å². The Morgan fingerprint density at radius 1 is 1.13 bits per heavy atom. The highest BCUT2D eigenvalue weighted by Crippen LogP contribution is 2.38. The van der Waals surface area contributed by atoms with Gasteiger partial charge in [0.1, 0.15) is 11.5 Å². The molecule has 1 aromatic heterocycles. The number of para-hydroxylation sites is 1. The van der Waals surface area contributed by atoms with E-state index in [1.54, 1.807) is 13.4 Å². The van der Waals surface area contributed by atoms with Gasteiger partial charge in [-0.3, -0.25) is 4.79 Å². The van der Waals surface area contributed by atoms with Gasteiger partial charge in [0.05, 0.1) is 31.9 Å². The summed E-state index contributed by atoms with van der Waals surface area (Å²) < 4.78 is 10.9. The normalized spacial score (nSPS) is 20.0. The van der Waals surface area contributed by atoms with Crippen LogP contribution in [0.4, 0.5) is 11.4 Å². The molecule has 2 unspecified atom stereocenters. The van der Waals surface area contributed by atoms with E-state index >= 15 is 0 Å². The fraction of sp³-hybridized carbons (Fsp3) is 0.320. The largest absolute Gasteiger partial charge is 0.497 e. The molecule has 1 fully saturated rings.